The zero-order chi connectivity index (χ0) is 18.2. The minimum atomic E-state index is -1.38. The first kappa shape index (κ1) is 16.8. The van der Waals surface area contributed by atoms with E-state index < -0.39 is 23.4 Å². The summed E-state index contributed by atoms with van der Waals surface area (Å²) < 4.78 is 0. The molecule has 3 N–H and O–H groups in total. The van der Waals surface area contributed by atoms with E-state index in [-0.39, 0.29) is 12.2 Å². The number of aromatic hydroxyl groups is 1. The van der Waals surface area contributed by atoms with Gasteiger partial charge in [-0.05, 0) is 36.2 Å². The van der Waals surface area contributed by atoms with E-state index in [1.807, 2.05) is 12.1 Å². The number of phenols is 1. The highest BCUT2D eigenvalue weighted by atomic mass is 16.4. The maximum absolute atomic E-state index is 12.2. The van der Waals surface area contributed by atoms with Gasteiger partial charge >= 0.3 is 11.9 Å². The normalized spacial score (nSPS) is 21.8. The lowest BCUT2D eigenvalue weighted by Crippen LogP contribution is -2.52. The molecule has 0 aromatic heterocycles. The highest BCUT2D eigenvalue weighted by Crippen LogP contribution is 2.50. The maximum Gasteiger partial charge on any atom is 0.329 e. The van der Waals surface area contributed by atoms with E-state index in [4.69, 9.17) is 0 Å². The van der Waals surface area contributed by atoms with Crippen LogP contribution in [0.5, 0.6) is 5.75 Å². The van der Waals surface area contributed by atoms with Crippen LogP contribution in [0.3, 0.4) is 0 Å². The second kappa shape index (κ2) is 6.12. The Morgan fingerprint density at radius 3 is 2.32 bits per heavy atom. The van der Waals surface area contributed by atoms with Gasteiger partial charge in [-0.2, -0.15) is 0 Å². The second-order valence-corrected chi connectivity index (χ2v) is 6.41. The van der Waals surface area contributed by atoms with E-state index in [9.17, 15) is 24.9 Å². The van der Waals surface area contributed by atoms with E-state index >= 15 is 0 Å². The number of carboxylic acids is 2. The predicted molar refractivity (Wildman–Crippen MR) is 91.8 cm³/mol. The number of phenolic OH excluding ortho intramolecular Hbond substituents is 1. The number of hydrogen-bond donors (Lipinski definition) is 3. The summed E-state index contributed by atoms with van der Waals surface area (Å²) in [5.74, 6) is -2.61. The highest BCUT2D eigenvalue weighted by molar-refractivity contribution is 5.90. The molecule has 3 rings (SSSR count). The molecule has 0 saturated heterocycles. The van der Waals surface area contributed by atoms with Gasteiger partial charge in [-0.1, -0.05) is 30.3 Å². The van der Waals surface area contributed by atoms with Crippen LogP contribution in [-0.4, -0.2) is 32.8 Å². The molecule has 1 aliphatic rings. The van der Waals surface area contributed by atoms with Crippen molar-refractivity contribution in [2.45, 2.75) is 31.3 Å². The summed E-state index contributed by atoms with van der Waals surface area (Å²) in [7, 11) is 0. The monoisotopic (exact) mass is 341 g/mol. The average Bonchev–Trinajstić information content (AvgIpc) is 2.80. The summed E-state index contributed by atoms with van der Waals surface area (Å²) in [5.41, 5.74) is 0.913. The van der Waals surface area contributed by atoms with E-state index in [1.54, 1.807) is 48.2 Å². The number of hydrogen-bond acceptors (Lipinski definition) is 4. The molecular weight excluding hydrogens is 322 g/mol. The molecule has 0 spiro atoms. The minimum Gasteiger partial charge on any atom is -0.508 e. The van der Waals surface area contributed by atoms with Crippen LogP contribution < -0.4 is 4.90 Å². The van der Waals surface area contributed by atoms with Crippen molar-refractivity contribution in [3.05, 3.63) is 59.7 Å². The van der Waals surface area contributed by atoms with Gasteiger partial charge in [-0.25, -0.2) is 4.79 Å². The molecule has 2 atom stereocenters. The molecule has 6 nitrogen and oxygen atoms in total. The Morgan fingerprint density at radius 2 is 1.72 bits per heavy atom. The minimum absolute atomic E-state index is 0.135. The van der Waals surface area contributed by atoms with Gasteiger partial charge in [0.25, 0.3) is 0 Å². The Balaban J connectivity index is 2.09. The summed E-state index contributed by atoms with van der Waals surface area (Å²) in [4.78, 5) is 25.2. The first-order chi connectivity index (χ1) is 11.8. The fraction of sp³-hybridized carbons (Fsp3) is 0.263. The Kier molecular flexibility index (Phi) is 4.12. The van der Waals surface area contributed by atoms with Gasteiger partial charge in [-0.15, -0.1) is 0 Å². The zero-order valence-corrected chi connectivity index (χ0v) is 13.7. The van der Waals surface area contributed by atoms with Crippen molar-refractivity contribution in [1.29, 1.82) is 0 Å². The van der Waals surface area contributed by atoms with Gasteiger partial charge in [0.2, 0.25) is 0 Å². The van der Waals surface area contributed by atoms with Crippen molar-refractivity contribution >= 4 is 17.6 Å². The largest absolute Gasteiger partial charge is 0.508 e. The summed E-state index contributed by atoms with van der Waals surface area (Å²) in [5, 5.41) is 28.7. The quantitative estimate of drug-likeness (QED) is 0.773. The lowest BCUT2D eigenvalue weighted by atomic mass is 9.81. The molecule has 2 aromatic carbocycles. The molecule has 0 aliphatic carbocycles. The molecule has 6 heteroatoms. The van der Waals surface area contributed by atoms with Crippen molar-refractivity contribution in [2.24, 2.45) is 0 Å². The molecule has 0 saturated carbocycles. The van der Waals surface area contributed by atoms with E-state index in [2.05, 4.69) is 0 Å². The third-order valence-corrected chi connectivity index (χ3v) is 4.93. The Hall–Kier alpha value is -3.02. The third kappa shape index (κ3) is 2.80. The average molecular weight is 341 g/mol. The molecule has 130 valence electrons. The molecule has 1 heterocycles. The molecular formula is C19H19NO5. The van der Waals surface area contributed by atoms with Crippen molar-refractivity contribution in [1.82, 2.24) is 0 Å². The lowest BCUT2D eigenvalue weighted by molar-refractivity contribution is -0.144. The summed E-state index contributed by atoms with van der Waals surface area (Å²) in [6.45, 7) is 1.87. The zero-order valence-electron chi connectivity index (χ0n) is 13.7. The van der Waals surface area contributed by atoms with Gasteiger partial charge in [-0.3, -0.25) is 4.79 Å². The standard InChI is InChI=1S/C19H19NO5/c1-19(18(24)25)15(10-17(22)23)14-4-2-3-5-16(14)20(19)11-12-6-8-13(21)9-7-12/h2-9,15,21H,10-11H2,1H3,(H,22,23)(H,24,25). The van der Waals surface area contributed by atoms with Crippen LogP contribution in [0, 0.1) is 0 Å². The molecule has 0 radical (unpaired) electrons. The molecule has 2 aromatic rings. The predicted octanol–water partition coefficient (Wildman–Crippen LogP) is 2.81. The third-order valence-electron chi connectivity index (χ3n) is 4.93. The molecule has 25 heavy (non-hydrogen) atoms. The number of aliphatic carboxylic acids is 2. The number of carbonyl (C=O) groups is 2. The summed E-state index contributed by atoms with van der Waals surface area (Å²) in [6.07, 6.45) is -0.258. The van der Waals surface area contributed by atoms with Gasteiger partial charge in [0.15, 0.2) is 0 Å². The Bertz CT molecular complexity index is 817. The van der Waals surface area contributed by atoms with Crippen molar-refractivity contribution in [3.63, 3.8) is 0 Å². The van der Waals surface area contributed by atoms with Crippen LogP contribution in [0.15, 0.2) is 48.5 Å². The molecule has 0 fully saturated rings. The van der Waals surface area contributed by atoms with Gasteiger partial charge < -0.3 is 20.2 Å². The number of benzene rings is 2. The van der Waals surface area contributed by atoms with Crippen molar-refractivity contribution in [3.8, 4) is 5.75 Å². The second-order valence-electron chi connectivity index (χ2n) is 6.41. The van der Waals surface area contributed by atoms with Crippen LogP contribution in [0.2, 0.25) is 0 Å². The van der Waals surface area contributed by atoms with Gasteiger partial charge in [0.1, 0.15) is 11.3 Å². The number of carboxylic acid groups (broad SMARTS) is 2. The number of rotatable bonds is 5. The Morgan fingerprint density at radius 1 is 1.08 bits per heavy atom. The van der Waals surface area contributed by atoms with Crippen LogP contribution >= 0.6 is 0 Å². The fourth-order valence-corrected chi connectivity index (χ4v) is 3.55. The SMILES string of the molecule is CC1(C(=O)O)C(CC(=O)O)c2ccccc2N1Cc1ccc(O)cc1. The van der Waals surface area contributed by atoms with Crippen LogP contribution in [0.25, 0.3) is 0 Å². The Labute approximate surface area is 145 Å². The fourth-order valence-electron chi connectivity index (χ4n) is 3.55. The van der Waals surface area contributed by atoms with Crippen LogP contribution in [0.4, 0.5) is 5.69 Å². The van der Waals surface area contributed by atoms with E-state index in [0.29, 0.717) is 6.54 Å². The molecule has 0 amide bonds. The first-order valence-electron chi connectivity index (χ1n) is 7.93. The van der Waals surface area contributed by atoms with E-state index in [0.717, 1.165) is 16.8 Å². The van der Waals surface area contributed by atoms with Gasteiger partial charge in [0.05, 0.1) is 6.42 Å². The van der Waals surface area contributed by atoms with Crippen LogP contribution in [0.1, 0.15) is 30.4 Å². The number of fused-ring (bicyclic) bond motifs is 1. The smallest absolute Gasteiger partial charge is 0.329 e. The van der Waals surface area contributed by atoms with Crippen molar-refractivity contribution < 1.29 is 24.9 Å². The maximum atomic E-state index is 12.2. The number of anilines is 1. The lowest BCUT2D eigenvalue weighted by Gasteiger charge is -2.37. The highest BCUT2D eigenvalue weighted by Gasteiger charge is 2.54. The number of para-hydroxylation sites is 1. The van der Waals surface area contributed by atoms with Crippen molar-refractivity contribution in [2.75, 3.05) is 4.90 Å². The number of nitrogens with zero attached hydrogens (tertiary/aromatic N) is 1. The van der Waals surface area contributed by atoms with Crippen LogP contribution in [-0.2, 0) is 16.1 Å². The van der Waals surface area contributed by atoms with E-state index in [1.165, 1.54) is 0 Å². The summed E-state index contributed by atoms with van der Waals surface area (Å²) >= 11 is 0. The first-order valence-corrected chi connectivity index (χ1v) is 7.93. The molecule has 0 bridgehead atoms. The molecule has 2 unspecified atom stereocenters. The topological polar surface area (TPSA) is 98.1 Å². The molecule has 1 aliphatic heterocycles. The summed E-state index contributed by atoms with van der Waals surface area (Å²) in [6, 6.07) is 13.8. The van der Waals surface area contributed by atoms with Gasteiger partial charge in [0, 0.05) is 18.2 Å².